The number of hydrogen-bond acceptors (Lipinski definition) is 3. The molecule has 0 bridgehead atoms. The first kappa shape index (κ1) is 13.3. The highest BCUT2D eigenvalue weighted by molar-refractivity contribution is 5.92. The van der Waals surface area contributed by atoms with Gasteiger partial charge >= 0.3 is 12.1 Å². The lowest BCUT2D eigenvalue weighted by Crippen LogP contribution is -2.38. The molecule has 1 aromatic heterocycles. The van der Waals surface area contributed by atoms with Crippen LogP contribution in [0.3, 0.4) is 0 Å². The monoisotopic (exact) mass is 251 g/mol. The van der Waals surface area contributed by atoms with Gasteiger partial charge in [0.2, 0.25) is 0 Å². The zero-order valence-corrected chi connectivity index (χ0v) is 9.22. The van der Waals surface area contributed by atoms with Gasteiger partial charge in [0.15, 0.2) is 0 Å². The Labute approximate surface area is 95.0 Å². The molecule has 0 saturated heterocycles. The molecule has 0 aliphatic carbocycles. The van der Waals surface area contributed by atoms with E-state index in [0.29, 0.717) is 0 Å². The third-order valence-corrected chi connectivity index (χ3v) is 2.34. The zero-order chi connectivity index (χ0) is 13.3. The number of anilines is 1. The van der Waals surface area contributed by atoms with E-state index in [2.05, 4.69) is 15.5 Å². The van der Waals surface area contributed by atoms with Crippen LogP contribution >= 0.6 is 0 Å². The van der Waals surface area contributed by atoms with Crippen LogP contribution in [0.5, 0.6) is 0 Å². The van der Waals surface area contributed by atoms with Crippen molar-refractivity contribution in [1.82, 2.24) is 10.2 Å². The number of rotatable bonds is 4. The van der Waals surface area contributed by atoms with Crippen molar-refractivity contribution in [3.05, 3.63) is 11.8 Å². The van der Waals surface area contributed by atoms with E-state index >= 15 is 0 Å². The lowest BCUT2D eigenvalue weighted by molar-refractivity contribution is -0.206. The fourth-order valence-corrected chi connectivity index (χ4v) is 0.993. The highest BCUT2D eigenvalue weighted by atomic mass is 19.4. The predicted octanol–water partition coefficient (Wildman–Crippen LogP) is 2.11. The zero-order valence-electron chi connectivity index (χ0n) is 9.22. The summed E-state index contributed by atoms with van der Waals surface area (Å²) in [6.45, 7) is 1.60. The number of nitrogens with zero attached hydrogens (tertiary/aromatic N) is 1. The molecule has 0 saturated carbocycles. The highest BCUT2D eigenvalue weighted by Gasteiger charge is 2.47. The van der Waals surface area contributed by atoms with Gasteiger partial charge in [-0.2, -0.15) is 18.3 Å². The third kappa shape index (κ3) is 2.89. The second-order valence-electron chi connectivity index (χ2n) is 4.20. The Hall–Kier alpha value is -1.73. The molecule has 0 atom stereocenters. The van der Waals surface area contributed by atoms with Crippen molar-refractivity contribution in [2.24, 2.45) is 5.41 Å². The van der Waals surface area contributed by atoms with Crippen molar-refractivity contribution >= 4 is 11.8 Å². The summed E-state index contributed by atoms with van der Waals surface area (Å²) >= 11 is 0. The molecule has 96 valence electrons. The molecule has 0 aromatic carbocycles. The summed E-state index contributed by atoms with van der Waals surface area (Å²) in [5.41, 5.74) is -2.16. The number of nitrogens with one attached hydrogen (secondary N) is 2. The molecule has 1 heterocycles. The summed E-state index contributed by atoms with van der Waals surface area (Å²) in [6, 6.07) is 0. The van der Waals surface area contributed by atoms with Crippen LogP contribution in [0.1, 0.15) is 24.2 Å². The van der Waals surface area contributed by atoms with Crippen LogP contribution in [0.25, 0.3) is 0 Å². The number of carboxylic acids is 1. The number of carboxylic acid groups (broad SMARTS) is 1. The van der Waals surface area contributed by atoms with Crippen LogP contribution in [0.15, 0.2) is 6.20 Å². The molecule has 8 heteroatoms. The minimum absolute atomic E-state index is 0.0326. The molecule has 0 aliphatic rings. The first-order valence-corrected chi connectivity index (χ1v) is 4.72. The maximum absolute atomic E-state index is 12.5. The Balaban J connectivity index is 2.74. The smallest absolute Gasteiger partial charge is 0.395 e. The number of aromatic amines is 1. The van der Waals surface area contributed by atoms with Gasteiger partial charge in [0, 0.05) is 6.54 Å². The number of alkyl halides is 3. The molecule has 0 spiro atoms. The second kappa shape index (κ2) is 4.27. The van der Waals surface area contributed by atoms with Gasteiger partial charge in [0.05, 0.1) is 11.6 Å². The van der Waals surface area contributed by atoms with Crippen LogP contribution in [-0.4, -0.2) is 34.0 Å². The first-order valence-electron chi connectivity index (χ1n) is 4.72. The number of H-pyrrole nitrogens is 1. The van der Waals surface area contributed by atoms with Gasteiger partial charge in [-0.05, 0) is 13.8 Å². The van der Waals surface area contributed by atoms with Gasteiger partial charge < -0.3 is 10.4 Å². The fourth-order valence-electron chi connectivity index (χ4n) is 0.993. The molecule has 5 nitrogen and oxygen atoms in total. The second-order valence-corrected chi connectivity index (χ2v) is 4.20. The number of aromatic carboxylic acids is 1. The van der Waals surface area contributed by atoms with Crippen molar-refractivity contribution in [3.63, 3.8) is 0 Å². The van der Waals surface area contributed by atoms with Crippen LogP contribution < -0.4 is 5.32 Å². The van der Waals surface area contributed by atoms with Crippen molar-refractivity contribution in [2.45, 2.75) is 20.0 Å². The molecule has 17 heavy (non-hydrogen) atoms. The molecule has 0 aliphatic heterocycles. The molecule has 0 radical (unpaired) electrons. The molecular weight excluding hydrogens is 239 g/mol. The largest absolute Gasteiger partial charge is 0.477 e. The first-order chi connectivity index (χ1) is 7.65. The standard InChI is InChI=1S/C9H12F3N3O2/c1-8(2,9(10,11)12)4-13-6-5(7(16)17)3-14-15-6/h3H,4H2,1-2H3,(H,16,17)(H2,13,14,15). The van der Waals surface area contributed by atoms with Crippen molar-refractivity contribution in [2.75, 3.05) is 11.9 Å². The fraction of sp³-hybridized carbons (Fsp3) is 0.556. The van der Waals surface area contributed by atoms with Crippen LogP contribution in [0.2, 0.25) is 0 Å². The van der Waals surface area contributed by atoms with E-state index in [1.807, 2.05) is 0 Å². The molecule has 0 fully saturated rings. The van der Waals surface area contributed by atoms with Gasteiger partial charge in [-0.25, -0.2) is 4.79 Å². The van der Waals surface area contributed by atoms with E-state index < -0.39 is 24.1 Å². The Morgan fingerprint density at radius 3 is 2.59 bits per heavy atom. The number of halogens is 3. The van der Waals surface area contributed by atoms with Crippen molar-refractivity contribution in [3.8, 4) is 0 Å². The van der Waals surface area contributed by atoms with Crippen molar-refractivity contribution in [1.29, 1.82) is 0 Å². The number of aromatic nitrogens is 2. The van der Waals surface area contributed by atoms with Gasteiger partial charge in [-0.15, -0.1) is 0 Å². The third-order valence-electron chi connectivity index (χ3n) is 2.34. The van der Waals surface area contributed by atoms with E-state index in [1.165, 1.54) is 0 Å². The number of hydrogen-bond donors (Lipinski definition) is 3. The summed E-state index contributed by atoms with van der Waals surface area (Å²) in [4.78, 5) is 10.7. The van der Waals surface area contributed by atoms with Gasteiger partial charge in [0.1, 0.15) is 11.4 Å². The molecule has 3 N–H and O–H groups in total. The van der Waals surface area contributed by atoms with E-state index in [-0.39, 0.29) is 11.4 Å². The summed E-state index contributed by atoms with van der Waals surface area (Å²) in [5, 5.41) is 16.9. The summed E-state index contributed by atoms with van der Waals surface area (Å²) in [6.07, 6.45) is -3.34. The van der Waals surface area contributed by atoms with Crippen LogP contribution in [0, 0.1) is 5.41 Å². The van der Waals surface area contributed by atoms with Crippen LogP contribution in [-0.2, 0) is 0 Å². The predicted molar refractivity (Wildman–Crippen MR) is 53.9 cm³/mol. The van der Waals surface area contributed by atoms with E-state index in [9.17, 15) is 18.0 Å². The topological polar surface area (TPSA) is 78.0 Å². The summed E-state index contributed by atoms with van der Waals surface area (Å²) in [5.74, 6) is -1.29. The minimum Gasteiger partial charge on any atom is -0.477 e. The maximum Gasteiger partial charge on any atom is 0.395 e. The quantitative estimate of drug-likeness (QED) is 0.765. The lowest BCUT2D eigenvalue weighted by atomic mass is 9.93. The lowest BCUT2D eigenvalue weighted by Gasteiger charge is -2.27. The average molecular weight is 251 g/mol. The van der Waals surface area contributed by atoms with Crippen molar-refractivity contribution < 1.29 is 23.1 Å². The van der Waals surface area contributed by atoms with Gasteiger partial charge in [0.25, 0.3) is 0 Å². The molecular formula is C9H12F3N3O2. The van der Waals surface area contributed by atoms with Gasteiger partial charge in [-0.1, -0.05) is 0 Å². The Bertz CT molecular complexity index is 412. The average Bonchev–Trinajstić information content (AvgIpc) is 2.60. The molecule has 1 rings (SSSR count). The Kier molecular flexibility index (Phi) is 3.35. The molecule has 1 aromatic rings. The SMILES string of the molecule is CC(C)(CNc1[nH]ncc1C(=O)O)C(F)(F)F. The molecule has 0 unspecified atom stereocenters. The van der Waals surface area contributed by atoms with E-state index in [0.717, 1.165) is 20.0 Å². The molecule has 0 amide bonds. The highest BCUT2D eigenvalue weighted by Crippen LogP contribution is 2.37. The Morgan fingerprint density at radius 2 is 2.12 bits per heavy atom. The van der Waals surface area contributed by atoms with Crippen LogP contribution in [0.4, 0.5) is 19.0 Å². The number of carbonyl (C=O) groups is 1. The normalized spacial score (nSPS) is 12.5. The summed E-state index contributed by atoms with van der Waals surface area (Å²) in [7, 11) is 0. The van der Waals surface area contributed by atoms with E-state index in [4.69, 9.17) is 5.11 Å². The summed E-state index contributed by atoms with van der Waals surface area (Å²) < 4.78 is 37.6. The van der Waals surface area contributed by atoms with E-state index in [1.54, 1.807) is 0 Å². The minimum atomic E-state index is -4.37. The Morgan fingerprint density at radius 1 is 1.53 bits per heavy atom. The van der Waals surface area contributed by atoms with Gasteiger partial charge in [-0.3, -0.25) is 5.10 Å². The maximum atomic E-state index is 12.5.